The van der Waals surface area contributed by atoms with Crippen LogP contribution >= 0.6 is 0 Å². The lowest BCUT2D eigenvalue weighted by atomic mass is 9.95. The van der Waals surface area contributed by atoms with E-state index in [0.29, 0.717) is 22.3 Å². The van der Waals surface area contributed by atoms with Crippen LogP contribution in [0.2, 0.25) is 0 Å². The van der Waals surface area contributed by atoms with E-state index in [-0.39, 0.29) is 29.2 Å². The number of Topliss-reactive ketones (excluding diaryl/α,β-unsaturated/α-hetero) is 2. The molecule has 0 amide bonds. The molecule has 24 heavy (non-hydrogen) atoms. The van der Waals surface area contributed by atoms with Gasteiger partial charge in [-0.2, -0.15) is 0 Å². The molecule has 124 valence electrons. The van der Waals surface area contributed by atoms with Crippen molar-refractivity contribution in [1.29, 1.82) is 0 Å². The highest BCUT2D eigenvalue weighted by Gasteiger charge is 2.14. The van der Waals surface area contributed by atoms with Crippen molar-refractivity contribution >= 4 is 17.3 Å². The Morgan fingerprint density at radius 2 is 0.792 bits per heavy atom. The summed E-state index contributed by atoms with van der Waals surface area (Å²) >= 11 is 0. The molecule has 2 aromatic rings. The van der Waals surface area contributed by atoms with E-state index in [0.717, 1.165) is 0 Å². The van der Waals surface area contributed by atoms with E-state index in [4.69, 9.17) is 0 Å². The molecule has 0 saturated heterocycles. The van der Waals surface area contributed by atoms with Crippen molar-refractivity contribution in [2.24, 2.45) is 11.8 Å². The molecule has 0 unspecified atom stereocenters. The maximum absolute atomic E-state index is 12.5. The monoisotopic (exact) mass is 322 g/mol. The first-order valence-electron chi connectivity index (χ1n) is 8.14. The Bertz CT molecular complexity index is 685. The predicted molar refractivity (Wildman–Crippen MR) is 94.7 cm³/mol. The third-order valence-electron chi connectivity index (χ3n) is 3.91. The van der Waals surface area contributed by atoms with Crippen molar-refractivity contribution < 1.29 is 14.4 Å². The van der Waals surface area contributed by atoms with Crippen LogP contribution in [0, 0.1) is 11.8 Å². The molecule has 0 aliphatic carbocycles. The van der Waals surface area contributed by atoms with E-state index >= 15 is 0 Å². The van der Waals surface area contributed by atoms with Crippen LogP contribution in [0.1, 0.15) is 64.3 Å². The fourth-order valence-corrected chi connectivity index (χ4v) is 2.41. The number of benzene rings is 2. The SMILES string of the molecule is CC(C)C(=O)c1ccc(C(=O)c2ccc(C(=O)C(C)C)cc2)cc1. The van der Waals surface area contributed by atoms with E-state index in [1.54, 1.807) is 48.5 Å². The highest BCUT2D eigenvalue weighted by Crippen LogP contribution is 2.16. The van der Waals surface area contributed by atoms with Gasteiger partial charge in [0.15, 0.2) is 17.3 Å². The smallest absolute Gasteiger partial charge is 0.193 e. The second kappa shape index (κ2) is 7.35. The molecule has 0 radical (unpaired) electrons. The standard InChI is InChI=1S/C21H22O3/c1-13(2)19(22)15-5-9-17(10-6-15)21(24)18-11-7-16(8-12-18)20(23)14(3)4/h5-14H,1-4H3. The molecule has 0 N–H and O–H groups in total. The number of carbonyl (C=O) groups is 3. The molecule has 0 spiro atoms. The van der Waals surface area contributed by atoms with Crippen LogP contribution in [0.25, 0.3) is 0 Å². The van der Waals surface area contributed by atoms with Gasteiger partial charge >= 0.3 is 0 Å². The van der Waals surface area contributed by atoms with Crippen molar-refractivity contribution in [2.45, 2.75) is 27.7 Å². The first-order chi connectivity index (χ1) is 11.3. The zero-order valence-corrected chi connectivity index (χ0v) is 14.5. The van der Waals surface area contributed by atoms with Gasteiger partial charge in [0.05, 0.1) is 0 Å². The van der Waals surface area contributed by atoms with Gasteiger partial charge in [-0.15, -0.1) is 0 Å². The minimum atomic E-state index is -0.123. The molecule has 3 nitrogen and oxygen atoms in total. The number of ketones is 3. The highest BCUT2D eigenvalue weighted by molar-refractivity contribution is 6.10. The minimum absolute atomic E-state index is 0.0607. The van der Waals surface area contributed by atoms with Crippen molar-refractivity contribution in [3.05, 3.63) is 70.8 Å². The molecule has 0 bridgehead atoms. The fraction of sp³-hybridized carbons (Fsp3) is 0.286. The second-order valence-corrected chi connectivity index (χ2v) is 6.52. The van der Waals surface area contributed by atoms with Crippen LogP contribution in [0.3, 0.4) is 0 Å². The Morgan fingerprint density at radius 3 is 1.04 bits per heavy atom. The summed E-state index contributed by atoms with van der Waals surface area (Å²) in [5.41, 5.74) is 2.27. The zero-order valence-electron chi connectivity index (χ0n) is 14.5. The van der Waals surface area contributed by atoms with E-state index in [9.17, 15) is 14.4 Å². The van der Waals surface area contributed by atoms with E-state index in [1.807, 2.05) is 27.7 Å². The number of rotatable bonds is 6. The Hall–Kier alpha value is -2.55. The normalized spacial score (nSPS) is 10.9. The largest absolute Gasteiger partial charge is 0.294 e. The molecule has 2 rings (SSSR count). The summed E-state index contributed by atoms with van der Waals surface area (Å²) < 4.78 is 0. The maximum Gasteiger partial charge on any atom is 0.193 e. The lowest BCUT2D eigenvalue weighted by Crippen LogP contribution is -2.09. The second-order valence-electron chi connectivity index (χ2n) is 6.52. The minimum Gasteiger partial charge on any atom is -0.294 e. The van der Waals surface area contributed by atoms with Crippen LogP contribution in [0.15, 0.2) is 48.5 Å². The molecule has 0 fully saturated rings. The van der Waals surface area contributed by atoms with Gasteiger partial charge in [0.25, 0.3) is 0 Å². The van der Waals surface area contributed by atoms with E-state index < -0.39 is 0 Å². The van der Waals surface area contributed by atoms with Gasteiger partial charge in [-0.05, 0) is 0 Å². The number of carbonyl (C=O) groups excluding carboxylic acids is 3. The van der Waals surface area contributed by atoms with Gasteiger partial charge in [-0.3, -0.25) is 14.4 Å². The molecule has 0 aliphatic heterocycles. The van der Waals surface area contributed by atoms with Crippen LogP contribution in [-0.4, -0.2) is 17.3 Å². The lowest BCUT2D eigenvalue weighted by Gasteiger charge is -2.07. The summed E-state index contributed by atoms with van der Waals surface area (Å²) in [5.74, 6) is -0.145. The van der Waals surface area contributed by atoms with Crippen molar-refractivity contribution in [3.8, 4) is 0 Å². The van der Waals surface area contributed by atoms with Crippen LogP contribution < -0.4 is 0 Å². The Kier molecular flexibility index (Phi) is 5.45. The van der Waals surface area contributed by atoms with Gasteiger partial charge in [0.1, 0.15) is 0 Å². The molecule has 3 heteroatoms. The third-order valence-corrected chi connectivity index (χ3v) is 3.91. The van der Waals surface area contributed by atoms with Crippen molar-refractivity contribution in [3.63, 3.8) is 0 Å². The van der Waals surface area contributed by atoms with Crippen molar-refractivity contribution in [2.75, 3.05) is 0 Å². The molecular formula is C21H22O3. The molecule has 0 heterocycles. The molecule has 0 saturated carbocycles. The molecule has 0 aliphatic rings. The lowest BCUT2D eigenvalue weighted by molar-refractivity contribution is 0.0932. The molecule has 0 aromatic heterocycles. The summed E-state index contributed by atoms with van der Waals surface area (Å²) in [6, 6.07) is 13.4. The van der Waals surface area contributed by atoms with Crippen LogP contribution in [-0.2, 0) is 0 Å². The average molecular weight is 322 g/mol. The fourth-order valence-electron chi connectivity index (χ4n) is 2.41. The summed E-state index contributed by atoms with van der Waals surface area (Å²) in [6.07, 6.45) is 0. The van der Waals surface area contributed by atoms with Gasteiger partial charge in [-0.1, -0.05) is 76.2 Å². The van der Waals surface area contributed by atoms with Crippen LogP contribution in [0.5, 0.6) is 0 Å². The molecule has 2 aromatic carbocycles. The number of hydrogen-bond donors (Lipinski definition) is 0. The van der Waals surface area contributed by atoms with E-state index in [2.05, 4.69) is 0 Å². The van der Waals surface area contributed by atoms with E-state index in [1.165, 1.54) is 0 Å². The van der Waals surface area contributed by atoms with Gasteiger partial charge in [0.2, 0.25) is 0 Å². The van der Waals surface area contributed by atoms with Gasteiger partial charge in [-0.25, -0.2) is 0 Å². The Balaban J connectivity index is 2.20. The first-order valence-corrected chi connectivity index (χ1v) is 8.14. The zero-order chi connectivity index (χ0) is 17.9. The number of hydrogen-bond acceptors (Lipinski definition) is 3. The van der Waals surface area contributed by atoms with Gasteiger partial charge in [0, 0.05) is 34.1 Å². The molecular weight excluding hydrogens is 300 g/mol. The highest BCUT2D eigenvalue weighted by atomic mass is 16.1. The summed E-state index contributed by atoms with van der Waals surface area (Å²) in [7, 11) is 0. The maximum atomic E-state index is 12.5. The average Bonchev–Trinajstić information content (AvgIpc) is 2.60. The Morgan fingerprint density at radius 1 is 0.542 bits per heavy atom. The third kappa shape index (κ3) is 3.85. The summed E-state index contributed by atoms with van der Waals surface area (Å²) in [4.78, 5) is 36.4. The predicted octanol–water partition coefficient (Wildman–Crippen LogP) is 4.60. The quantitative estimate of drug-likeness (QED) is 0.731. The first kappa shape index (κ1) is 17.8. The molecule has 0 atom stereocenters. The van der Waals surface area contributed by atoms with Crippen molar-refractivity contribution in [1.82, 2.24) is 0 Å². The topological polar surface area (TPSA) is 51.2 Å². The summed E-state index contributed by atoms with van der Waals surface area (Å²) in [5, 5.41) is 0. The van der Waals surface area contributed by atoms with Crippen LogP contribution in [0.4, 0.5) is 0 Å². The Labute approximate surface area is 142 Å². The summed E-state index contributed by atoms with van der Waals surface area (Å²) in [6.45, 7) is 7.39. The van der Waals surface area contributed by atoms with Gasteiger partial charge < -0.3 is 0 Å².